The molecule has 0 saturated carbocycles. The molecular weight excluding hydrogens is 481 g/mol. The SMILES string of the molecule is COc1ccc(-c2ccc(Cn3cc4nc(-c5cccc(F)c5F)nc-4cn3)nc2)c(C(F)(F)F)c1. The standard InChI is InChI=1S/C25H16F5N5O/c1-36-16-7-8-17(19(9-16)25(28,29)30)14-5-6-15(31-10-14)12-35-13-22-21(11-32-35)33-24(34-22)18-3-2-4-20(26)23(18)27/h2-11,13H,12H2,1H3. The van der Waals surface area contributed by atoms with Crippen LogP contribution in [0.2, 0.25) is 0 Å². The number of fused-ring (bicyclic) bond motifs is 1. The maximum atomic E-state index is 14.1. The van der Waals surface area contributed by atoms with Crippen molar-refractivity contribution in [3.63, 3.8) is 0 Å². The van der Waals surface area contributed by atoms with Crippen molar-refractivity contribution in [1.82, 2.24) is 24.7 Å². The number of ether oxygens (including phenoxy) is 1. The molecule has 6 nitrogen and oxygen atoms in total. The van der Waals surface area contributed by atoms with Gasteiger partial charge in [-0.25, -0.2) is 18.7 Å². The van der Waals surface area contributed by atoms with E-state index in [0.717, 1.165) is 12.1 Å². The number of benzene rings is 2. The zero-order valence-corrected chi connectivity index (χ0v) is 18.6. The Morgan fingerprint density at radius 1 is 0.917 bits per heavy atom. The highest BCUT2D eigenvalue weighted by Crippen LogP contribution is 2.39. The summed E-state index contributed by atoms with van der Waals surface area (Å²) in [6, 6.07) is 10.7. The lowest BCUT2D eigenvalue weighted by molar-refractivity contribution is -0.137. The molecule has 0 saturated heterocycles. The van der Waals surface area contributed by atoms with Gasteiger partial charge in [-0.05, 0) is 35.9 Å². The molecule has 0 aliphatic carbocycles. The van der Waals surface area contributed by atoms with Gasteiger partial charge in [0.25, 0.3) is 0 Å². The lowest BCUT2D eigenvalue weighted by Crippen LogP contribution is -2.08. The Hall–Kier alpha value is -4.41. The van der Waals surface area contributed by atoms with E-state index in [0.29, 0.717) is 22.6 Å². The molecule has 1 aromatic heterocycles. The van der Waals surface area contributed by atoms with Gasteiger partial charge < -0.3 is 4.74 Å². The van der Waals surface area contributed by atoms with Crippen molar-refractivity contribution in [2.24, 2.45) is 0 Å². The third-order valence-electron chi connectivity index (χ3n) is 5.50. The van der Waals surface area contributed by atoms with Gasteiger partial charge in [0.05, 0.1) is 42.9 Å². The minimum absolute atomic E-state index is 0.0151. The van der Waals surface area contributed by atoms with Crippen LogP contribution in [0.15, 0.2) is 67.1 Å². The fourth-order valence-corrected chi connectivity index (χ4v) is 3.72. The number of imidazole rings is 1. The Kier molecular flexibility index (Phi) is 5.83. The number of hydrogen-bond donors (Lipinski definition) is 0. The number of pyridine rings is 1. The monoisotopic (exact) mass is 497 g/mol. The first kappa shape index (κ1) is 23.3. The molecule has 0 amide bonds. The van der Waals surface area contributed by atoms with Crippen molar-refractivity contribution in [2.75, 3.05) is 7.11 Å². The van der Waals surface area contributed by atoms with E-state index < -0.39 is 23.4 Å². The van der Waals surface area contributed by atoms with Gasteiger partial charge in [0.15, 0.2) is 17.5 Å². The van der Waals surface area contributed by atoms with E-state index in [9.17, 15) is 22.0 Å². The molecule has 2 aliphatic heterocycles. The van der Waals surface area contributed by atoms with Crippen LogP contribution in [0.25, 0.3) is 33.9 Å². The number of rotatable bonds is 5. The number of halogens is 5. The predicted molar refractivity (Wildman–Crippen MR) is 120 cm³/mol. The highest BCUT2D eigenvalue weighted by molar-refractivity contribution is 5.69. The molecule has 0 fully saturated rings. The molecule has 3 aromatic rings. The third kappa shape index (κ3) is 4.47. The zero-order chi connectivity index (χ0) is 25.4. The predicted octanol–water partition coefficient (Wildman–Crippen LogP) is 5.86. The van der Waals surface area contributed by atoms with Crippen LogP contribution in [0, 0.1) is 11.6 Å². The topological polar surface area (TPSA) is 65.7 Å². The van der Waals surface area contributed by atoms with Crippen LogP contribution >= 0.6 is 0 Å². The number of methoxy groups -OCH3 is 1. The largest absolute Gasteiger partial charge is 0.497 e. The van der Waals surface area contributed by atoms with Crippen molar-refractivity contribution in [3.05, 3.63) is 90.0 Å². The molecule has 5 rings (SSSR count). The summed E-state index contributed by atoms with van der Waals surface area (Å²) in [6.45, 7) is 0.196. The smallest absolute Gasteiger partial charge is 0.417 e. The Labute approximate surface area is 201 Å². The highest BCUT2D eigenvalue weighted by atomic mass is 19.4. The van der Waals surface area contributed by atoms with E-state index in [1.54, 1.807) is 18.3 Å². The normalized spacial score (nSPS) is 11.7. The Morgan fingerprint density at radius 2 is 1.72 bits per heavy atom. The first-order valence-corrected chi connectivity index (χ1v) is 10.6. The second-order valence-electron chi connectivity index (χ2n) is 7.84. The molecule has 0 spiro atoms. The first-order valence-electron chi connectivity index (χ1n) is 10.6. The molecule has 0 bridgehead atoms. The lowest BCUT2D eigenvalue weighted by Gasteiger charge is -2.14. The quantitative estimate of drug-likeness (QED) is 0.285. The number of hydrogen-bond acceptors (Lipinski definition) is 5. The van der Waals surface area contributed by atoms with Crippen LogP contribution < -0.4 is 4.74 Å². The summed E-state index contributed by atoms with van der Waals surface area (Å²) in [7, 11) is 1.30. The van der Waals surface area contributed by atoms with Gasteiger partial charge >= 0.3 is 6.18 Å². The minimum Gasteiger partial charge on any atom is -0.497 e. The molecule has 36 heavy (non-hydrogen) atoms. The number of alkyl halides is 3. The van der Waals surface area contributed by atoms with Gasteiger partial charge in [0, 0.05) is 11.8 Å². The summed E-state index contributed by atoms with van der Waals surface area (Å²) in [4.78, 5) is 12.8. The third-order valence-corrected chi connectivity index (χ3v) is 5.50. The minimum atomic E-state index is -4.56. The van der Waals surface area contributed by atoms with Gasteiger partial charge in [-0.15, -0.1) is 0 Å². The molecule has 0 unspecified atom stereocenters. The number of nitrogens with zero attached hydrogens (tertiary/aromatic N) is 5. The molecule has 0 atom stereocenters. The maximum Gasteiger partial charge on any atom is 0.417 e. The second kappa shape index (κ2) is 8.99. The van der Waals surface area contributed by atoms with E-state index in [-0.39, 0.29) is 29.2 Å². The average molecular weight is 497 g/mol. The van der Waals surface area contributed by atoms with Crippen LogP contribution in [0.4, 0.5) is 22.0 Å². The van der Waals surface area contributed by atoms with Crippen molar-refractivity contribution in [1.29, 1.82) is 0 Å². The van der Waals surface area contributed by atoms with Gasteiger partial charge in [0.1, 0.15) is 17.1 Å². The Balaban J connectivity index is 1.40. The van der Waals surface area contributed by atoms with E-state index in [1.807, 2.05) is 0 Å². The van der Waals surface area contributed by atoms with Crippen molar-refractivity contribution in [2.45, 2.75) is 12.7 Å². The lowest BCUT2D eigenvalue weighted by atomic mass is 10.00. The number of aromatic nitrogens is 5. The van der Waals surface area contributed by atoms with Gasteiger partial charge in [-0.3, -0.25) is 9.67 Å². The summed E-state index contributed by atoms with van der Waals surface area (Å²) in [5, 5.41) is 4.24. The Morgan fingerprint density at radius 3 is 2.44 bits per heavy atom. The second-order valence-corrected chi connectivity index (χ2v) is 7.84. The summed E-state index contributed by atoms with van der Waals surface area (Å²) in [6.07, 6.45) is -0.196. The average Bonchev–Trinajstić information content (AvgIpc) is 3.28. The molecule has 0 radical (unpaired) electrons. The molecular formula is C25H16F5N5O. The van der Waals surface area contributed by atoms with Crippen LogP contribution in [0.3, 0.4) is 0 Å². The van der Waals surface area contributed by atoms with Crippen LogP contribution in [-0.4, -0.2) is 31.8 Å². The van der Waals surface area contributed by atoms with E-state index in [4.69, 9.17) is 4.74 Å². The van der Waals surface area contributed by atoms with Crippen molar-refractivity contribution < 1.29 is 26.7 Å². The fraction of sp³-hybridized carbons (Fsp3) is 0.120. The van der Waals surface area contributed by atoms with E-state index >= 15 is 0 Å². The molecule has 3 heterocycles. The van der Waals surface area contributed by atoms with Crippen LogP contribution in [0.1, 0.15) is 11.3 Å². The summed E-state index contributed by atoms with van der Waals surface area (Å²) < 4.78 is 74.8. The van der Waals surface area contributed by atoms with Crippen molar-refractivity contribution >= 4 is 0 Å². The summed E-state index contributed by atoms with van der Waals surface area (Å²) >= 11 is 0. The zero-order valence-electron chi connectivity index (χ0n) is 18.6. The fourth-order valence-electron chi connectivity index (χ4n) is 3.72. The first-order chi connectivity index (χ1) is 17.2. The molecule has 182 valence electrons. The van der Waals surface area contributed by atoms with Gasteiger partial charge in [-0.2, -0.15) is 18.3 Å². The Bertz CT molecular complexity index is 1510. The van der Waals surface area contributed by atoms with Crippen LogP contribution in [0.5, 0.6) is 5.75 Å². The van der Waals surface area contributed by atoms with Gasteiger partial charge in [-0.1, -0.05) is 18.2 Å². The van der Waals surface area contributed by atoms with Crippen molar-refractivity contribution in [3.8, 4) is 39.7 Å². The molecule has 0 N–H and O–H groups in total. The molecule has 11 heteroatoms. The van der Waals surface area contributed by atoms with Crippen LogP contribution in [-0.2, 0) is 12.7 Å². The van der Waals surface area contributed by atoms with E-state index in [2.05, 4.69) is 20.1 Å². The summed E-state index contributed by atoms with van der Waals surface area (Å²) in [5.74, 6) is -1.90. The molecule has 2 aliphatic rings. The maximum absolute atomic E-state index is 14.1. The van der Waals surface area contributed by atoms with Gasteiger partial charge in [0.2, 0.25) is 0 Å². The van der Waals surface area contributed by atoms with E-state index in [1.165, 1.54) is 48.5 Å². The molecule has 2 aromatic carbocycles. The summed E-state index contributed by atoms with van der Waals surface area (Å²) in [5.41, 5.74) is 0.740. The highest BCUT2D eigenvalue weighted by Gasteiger charge is 2.34.